The summed E-state index contributed by atoms with van der Waals surface area (Å²) in [6.07, 6.45) is 0. The number of halogens is 1. The quantitative estimate of drug-likeness (QED) is 0.850. The lowest BCUT2D eigenvalue weighted by atomic mass is 10.4. The fraction of sp³-hybridized carbons (Fsp3) is 0.222. The van der Waals surface area contributed by atoms with Gasteiger partial charge in [0.05, 0.1) is 6.54 Å². The molecule has 84 valence electrons. The minimum Gasteiger partial charge on any atom is -0.364 e. The van der Waals surface area contributed by atoms with Crippen molar-refractivity contribution in [1.82, 2.24) is 15.0 Å². The number of nitrogens with zero attached hydrogens (tertiary/aromatic N) is 2. The first-order valence-corrected chi connectivity index (χ1v) is 6.22. The highest BCUT2D eigenvalue weighted by molar-refractivity contribution is 9.10. The van der Waals surface area contributed by atoms with Crippen LogP contribution < -0.4 is 10.2 Å². The van der Waals surface area contributed by atoms with Crippen LogP contribution in [0.1, 0.15) is 11.5 Å². The Morgan fingerprint density at radius 3 is 3.00 bits per heavy atom. The summed E-state index contributed by atoms with van der Waals surface area (Å²) in [4.78, 5) is 21.9. The van der Waals surface area contributed by atoms with Crippen molar-refractivity contribution in [1.29, 1.82) is 0 Å². The number of thiazole rings is 1. The van der Waals surface area contributed by atoms with E-state index in [2.05, 4.69) is 36.2 Å². The molecular formula is C9H9BrN4OS. The van der Waals surface area contributed by atoms with E-state index in [4.69, 9.17) is 0 Å². The molecule has 0 aromatic carbocycles. The number of anilines is 1. The van der Waals surface area contributed by atoms with Crippen LogP contribution in [0.2, 0.25) is 0 Å². The zero-order chi connectivity index (χ0) is 11.5. The van der Waals surface area contributed by atoms with E-state index in [1.165, 1.54) is 0 Å². The summed E-state index contributed by atoms with van der Waals surface area (Å²) in [7, 11) is 0. The third kappa shape index (κ3) is 2.89. The molecule has 0 radical (unpaired) electrons. The molecule has 0 unspecified atom stereocenters. The monoisotopic (exact) mass is 300 g/mol. The Kier molecular flexibility index (Phi) is 3.35. The number of aromatic nitrogens is 3. The smallest absolute Gasteiger partial charge is 0.304 e. The van der Waals surface area contributed by atoms with E-state index < -0.39 is 0 Å². The van der Waals surface area contributed by atoms with Gasteiger partial charge in [-0.2, -0.15) is 0 Å². The zero-order valence-corrected chi connectivity index (χ0v) is 10.9. The topological polar surface area (TPSA) is 70.7 Å². The summed E-state index contributed by atoms with van der Waals surface area (Å²) in [5.74, 6) is 1.42. The lowest BCUT2D eigenvalue weighted by molar-refractivity contribution is 0.990. The Hall–Kier alpha value is -1.21. The fourth-order valence-electron chi connectivity index (χ4n) is 1.21. The molecule has 2 rings (SSSR count). The molecule has 7 heteroatoms. The summed E-state index contributed by atoms with van der Waals surface area (Å²) in [5, 5.41) is 4.90. The zero-order valence-electron chi connectivity index (χ0n) is 8.45. The van der Waals surface area contributed by atoms with Crippen molar-refractivity contribution in [2.75, 3.05) is 5.32 Å². The number of aromatic amines is 1. The van der Waals surface area contributed by atoms with Crippen molar-refractivity contribution in [2.45, 2.75) is 13.5 Å². The van der Waals surface area contributed by atoms with Crippen LogP contribution in [0, 0.1) is 6.92 Å². The Morgan fingerprint density at radius 1 is 1.56 bits per heavy atom. The molecule has 2 heterocycles. The SMILES string of the molecule is Cc1nc(Br)cc(NCc2csc(=O)[nH]2)n1. The number of hydrogen-bond donors (Lipinski definition) is 2. The van der Waals surface area contributed by atoms with Gasteiger partial charge in [-0.1, -0.05) is 11.3 Å². The van der Waals surface area contributed by atoms with Gasteiger partial charge in [0.1, 0.15) is 16.2 Å². The van der Waals surface area contributed by atoms with E-state index in [-0.39, 0.29) is 4.87 Å². The third-order valence-corrected chi connectivity index (χ3v) is 2.96. The highest BCUT2D eigenvalue weighted by atomic mass is 79.9. The first-order chi connectivity index (χ1) is 7.63. The van der Waals surface area contributed by atoms with Gasteiger partial charge in [-0.3, -0.25) is 4.79 Å². The van der Waals surface area contributed by atoms with Crippen molar-refractivity contribution in [3.63, 3.8) is 0 Å². The maximum absolute atomic E-state index is 10.9. The van der Waals surface area contributed by atoms with E-state index in [1.807, 2.05) is 6.92 Å². The van der Waals surface area contributed by atoms with E-state index in [9.17, 15) is 4.79 Å². The molecule has 0 aliphatic carbocycles. The van der Waals surface area contributed by atoms with Gasteiger partial charge in [-0.25, -0.2) is 9.97 Å². The number of H-pyrrole nitrogens is 1. The van der Waals surface area contributed by atoms with Crippen molar-refractivity contribution < 1.29 is 0 Å². The molecule has 2 aromatic heterocycles. The highest BCUT2D eigenvalue weighted by Gasteiger charge is 2.00. The van der Waals surface area contributed by atoms with Gasteiger partial charge < -0.3 is 10.3 Å². The fourth-order valence-corrected chi connectivity index (χ4v) is 2.26. The molecule has 0 saturated heterocycles. The molecule has 0 amide bonds. The molecular weight excluding hydrogens is 292 g/mol. The second-order valence-corrected chi connectivity index (χ2v) is 4.80. The minimum absolute atomic E-state index is 0.0446. The van der Waals surface area contributed by atoms with E-state index >= 15 is 0 Å². The van der Waals surface area contributed by atoms with Gasteiger partial charge in [-0.15, -0.1) is 0 Å². The summed E-state index contributed by atoms with van der Waals surface area (Å²) >= 11 is 4.45. The van der Waals surface area contributed by atoms with Crippen molar-refractivity contribution >= 4 is 33.1 Å². The summed E-state index contributed by atoms with van der Waals surface area (Å²) < 4.78 is 0.737. The maximum Gasteiger partial charge on any atom is 0.304 e. The number of rotatable bonds is 3. The Bertz CT molecular complexity index is 530. The Labute approximate surface area is 104 Å². The molecule has 5 nitrogen and oxygen atoms in total. The van der Waals surface area contributed by atoms with Gasteiger partial charge in [0.2, 0.25) is 0 Å². The van der Waals surface area contributed by atoms with Crippen molar-refractivity contribution in [2.24, 2.45) is 0 Å². The molecule has 0 bridgehead atoms. The second kappa shape index (κ2) is 4.75. The van der Waals surface area contributed by atoms with Gasteiger partial charge in [-0.05, 0) is 22.9 Å². The lowest BCUT2D eigenvalue weighted by Crippen LogP contribution is -2.05. The van der Waals surface area contributed by atoms with Crippen LogP contribution in [-0.2, 0) is 6.54 Å². The summed E-state index contributed by atoms with van der Waals surface area (Å²) in [6.45, 7) is 2.37. The molecule has 0 atom stereocenters. The molecule has 16 heavy (non-hydrogen) atoms. The van der Waals surface area contributed by atoms with Crippen LogP contribution >= 0.6 is 27.3 Å². The van der Waals surface area contributed by atoms with E-state index in [1.54, 1.807) is 11.4 Å². The van der Waals surface area contributed by atoms with Crippen molar-refractivity contribution in [3.8, 4) is 0 Å². The largest absolute Gasteiger partial charge is 0.364 e. The third-order valence-electron chi connectivity index (χ3n) is 1.84. The lowest BCUT2D eigenvalue weighted by Gasteiger charge is -2.04. The van der Waals surface area contributed by atoms with E-state index in [0.717, 1.165) is 27.5 Å². The predicted octanol–water partition coefficient (Wildman–Crippen LogP) is 1.91. The number of nitrogens with one attached hydrogen (secondary N) is 2. The van der Waals surface area contributed by atoms with Crippen LogP contribution in [-0.4, -0.2) is 15.0 Å². The highest BCUT2D eigenvalue weighted by Crippen LogP contribution is 2.12. The van der Waals surface area contributed by atoms with Gasteiger partial charge in [0.15, 0.2) is 0 Å². The number of aryl methyl sites for hydroxylation is 1. The molecule has 0 aliphatic heterocycles. The predicted molar refractivity (Wildman–Crippen MR) is 66.7 cm³/mol. The first kappa shape index (κ1) is 11.3. The molecule has 0 spiro atoms. The Balaban J connectivity index is 2.07. The van der Waals surface area contributed by atoms with Gasteiger partial charge in [0, 0.05) is 17.1 Å². The Morgan fingerprint density at radius 2 is 2.38 bits per heavy atom. The molecule has 2 aromatic rings. The molecule has 0 saturated carbocycles. The molecule has 0 aliphatic rings. The summed E-state index contributed by atoms with van der Waals surface area (Å²) in [6, 6.07) is 1.79. The van der Waals surface area contributed by atoms with Crippen LogP contribution in [0.15, 0.2) is 20.8 Å². The average Bonchev–Trinajstić information content (AvgIpc) is 2.60. The van der Waals surface area contributed by atoms with Gasteiger partial charge in [0.25, 0.3) is 0 Å². The van der Waals surface area contributed by atoms with Crippen LogP contribution in [0.3, 0.4) is 0 Å². The normalized spacial score (nSPS) is 10.4. The summed E-state index contributed by atoms with van der Waals surface area (Å²) in [5.41, 5.74) is 0.849. The number of hydrogen-bond acceptors (Lipinski definition) is 5. The van der Waals surface area contributed by atoms with Crippen LogP contribution in [0.4, 0.5) is 5.82 Å². The van der Waals surface area contributed by atoms with Crippen molar-refractivity contribution in [3.05, 3.63) is 37.2 Å². The molecule has 0 fully saturated rings. The average molecular weight is 301 g/mol. The van der Waals surface area contributed by atoms with Gasteiger partial charge >= 0.3 is 4.87 Å². The van der Waals surface area contributed by atoms with Crippen LogP contribution in [0.5, 0.6) is 0 Å². The second-order valence-electron chi connectivity index (χ2n) is 3.15. The molecule has 2 N–H and O–H groups in total. The first-order valence-electron chi connectivity index (χ1n) is 4.55. The standard InChI is InChI=1S/C9H9BrN4OS/c1-5-12-7(10)2-8(13-5)11-3-6-4-16-9(15)14-6/h2,4H,3H2,1H3,(H,14,15)(H,11,12,13). The van der Waals surface area contributed by atoms with E-state index in [0.29, 0.717) is 12.4 Å². The minimum atomic E-state index is -0.0446. The maximum atomic E-state index is 10.9. The van der Waals surface area contributed by atoms with Crippen LogP contribution in [0.25, 0.3) is 0 Å².